The molecule has 0 amide bonds. The maximum Gasteiger partial charge on any atom is 0.231 e. The molecular formula is C21H20N8OS. The SMILES string of the molecule is COc1cc(Nc2nc(Nc3ccn(C)c3)c3scnc3n2)ccc1-n1cnc(C)c1. The third-order valence-corrected chi connectivity index (χ3v) is 5.54. The van der Waals surface area contributed by atoms with Crippen molar-refractivity contribution in [1.82, 2.24) is 29.1 Å². The number of methoxy groups -OCH3 is 1. The lowest BCUT2D eigenvalue weighted by Gasteiger charge is -2.13. The summed E-state index contributed by atoms with van der Waals surface area (Å²) in [7, 11) is 3.62. The molecular weight excluding hydrogens is 412 g/mol. The molecule has 0 radical (unpaired) electrons. The summed E-state index contributed by atoms with van der Waals surface area (Å²) in [6, 6.07) is 7.81. The summed E-state index contributed by atoms with van der Waals surface area (Å²) in [5.74, 6) is 1.86. The van der Waals surface area contributed by atoms with E-state index in [0.717, 1.165) is 27.5 Å². The first-order chi connectivity index (χ1) is 15.1. The number of aromatic nitrogens is 6. The van der Waals surface area contributed by atoms with Crippen LogP contribution in [-0.4, -0.2) is 36.2 Å². The van der Waals surface area contributed by atoms with Crippen LogP contribution in [0.25, 0.3) is 16.0 Å². The van der Waals surface area contributed by atoms with Crippen molar-refractivity contribution in [2.75, 3.05) is 17.7 Å². The molecule has 156 valence electrons. The zero-order chi connectivity index (χ0) is 21.4. The van der Waals surface area contributed by atoms with E-state index in [4.69, 9.17) is 4.74 Å². The molecule has 0 unspecified atom stereocenters. The van der Waals surface area contributed by atoms with Crippen molar-refractivity contribution in [3.8, 4) is 11.4 Å². The van der Waals surface area contributed by atoms with Gasteiger partial charge in [-0.2, -0.15) is 9.97 Å². The number of aryl methyl sites for hydroxylation is 2. The highest BCUT2D eigenvalue weighted by molar-refractivity contribution is 7.17. The Morgan fingerprint density at radius 3 is 2.68 bits per heavy atom. The summed E-state index contributed by atoms with van der Waals surface area (Å²) in [4.78, 5) is 17.9. The van der Waals surface area contributed by atoms with Crippen LogP contribution in [0.4, 0.5) is 23.1 Å². The van der Waals surface area contributed by atoms with Crippen molar-refractivity contribution >= 4 is 44.8 Å². The van der Waals surface area contributed by atoms with Crippen molar-refractivity contribution in [2.45, 2.75) is 6.92 Å². The van der Waals surface area contributed by atoms with E-state index in [1.54, 1.807) is 18.9 Å². The molecule has 4 heterocycles. The number of thiazole rings is 1. The molecule has 2 N–H and O–H groups in total. The molecule has 0 spiro atoms. The average molecular weight is 433 g/mol. The fourth-order valence-corrected chi connectivity index (χ4v) is 3.94. The fourth-order valence-electron chi connectivity index (χ4n) is 3.27. The van der Waals surface area contributed by atoms with Gasteiger partial charge in [-0.1, -0.05) is 0 Å². The highest BCUT2D eigenvalue weighted by atomic mass is 32.1. The Hall–Kier alpha value is -3.92. The third kappa shape index (κ3) is 3.80. The molecule has 5 rings (SSSR count). The number of fused-ring (bicyclic) bond motifs is 1. The van der Waals surface area contributed by atoms with Crippen molar-refractivity contribution in [3.63, 3.8) is 0 Å². The largest absolute Gasteiger partial charge is 0.494 e. The average Bonchev–Trinajstić information content (AvgIpc) is 3.49. The number of ether oxygens (including phenoxy) is 1. The number of hydrogen-bond acceptors (Lipinski definition) is 8. The Kier molecular flexibility index (Phi) is 4.75. The molecule has 31 heavy (non-hydrogen) atoms. The summed E-state index contributed by atoms with van der Waals surface area (Å²) < 4.78 is 10.4. The molecule has 0 atom stereocenters. The van der Waals surface area contributed by atoms with Crippen LogP contribution in [0.1, 0.15) is 5.69 Å². The minimum atomic E-state index is 0.449. The number of anilines is 4. The Morgan fingerprint density at radius 2 is 1.94 bits per heavy atom. The van der Waals surface area contributed by atoms with Crippen LogP contribution in [0.2, 0.25) is 0 Å². The van der Waals surface area contributed by atoms with Crippen LogP contribution in [-0.2, 0) is 7.05 Å². The number of nitrogens with zero attached hydrogens (tertiary/aromatic N) is 6. The van der Waals surface area contributed by atoms with Gasteiger partial charge >= 0.3 is 0 Å². The minimum absolute atomic E-state index is 0.449. The van der Waals surface area contributed by atoms with E-state index < -0.39 is 0 Å². The Balaban J connectivity index is 1.47. The van der Waals surface area contributed by atoms with Crippen LogP contribution in [0.15, 0.2) is 54.7 Å². The minimum Gasteiger partial charge on any atom is -0.494 e. The predicted molar refractivity (Wildman–Crippen MR) is 122 cm³/mol. The summed E-state index contributed by atoms with van der Waals surface area (Å²) in [6.07, 6.45) is 7.68. The van der Waals surface area contributed by atoms with E-state index in [1.807, 2.05) is 66.0 Å². The lowest BCUT2D eigenvalue weighted by molar-refractivity contribution is 0.413. The molecule has 0 fully saturated rings. The standard InChI is InChI=1S/C21H20N8OS/c1-13-9-29(11-22-13)16-5-4-14(8-17(16)30-3)25-21-26-19-18(31-12-23-19)20(27-21)24-15-6-7-28(2)10-15/h4-12H,1-3H3,(H2,24,25,26,27). The van der Waals surface area contributed by atoms with Crippen LogP contribution in [0.5, 0.6) is 5.75 Å². The molecule has 4 aromatic heterocycles. The number of hydrogen-bond donors (Lipinski definition) is 2. The smallest absolute Gasteiger partial charge is 0.231 e. The quantitative estimate of drug-likeness (QED) is 0.410. The van der Waals surface area contributed by atoms with Gasteiger partial charge in [0.05, 0.1) is 36.0 Å². The molecule has 0 aliphatic rings. The van der Waals surface area contributed by atoms with E-state index in [2.05, 4.69) is 30.6 Å². The van der Waals surface area contributed by atoms with Gasteiger partial charge in [0.25, 0.3) is 0 Å². The molecule has 10 heteroatoms. The Morgan fingerprint density at radius 1 is 1.03 bits per heavy atom. The molecule has 0 aliphatic heterocycles. The molecule has 9 nitrogen and oxygen atoms in total. The molecule has 0 saturated carbocycles. The number of imidazole rings is 1. The second-order valence-corrected chi connectivity index (χ2v) is 7.88. The van der Waals surface area contributed by atoms with Crippen LogP contribution >= 0.6 is 11.3 Å². The summed E-state index contributed by atoms with van der Waals surface area (Å²) in [5, 5.41) is 6.63. The second-order valence-electron chi connectivity index (χ2n) is 7.03. The normalized spacial score (nSPS) is 11.1. The van der Waals surface area contributed by atoms with Gasteiger partial charge in [0.2, 0.25) is 5.95 Å². The van der Waals surface area contributed by atoms with Gasteiger partial charge in [0, 0.05) is 37.4 Å². The topological polar surface area (TPSA) is 94.7 Å². The maximum absolute atomic E-state index is 5.60. The van der Waals surface area contributed by atoms with Gasteiger partial charge in [-0.05, 0) is 25.1 Å². The zero-order valence-electron chi connectivity index (χ0n) is 17.2. The number of nitrogens with one attached hydrogen (secondary N) is 2. The second kappa shape index (κ2) is 7.73. The Bertz CT molecular complexity index is 1370. The summed E-state index contributed by atoms with van der Waals surface area (Å²) >= 11 is 1.50. The lowest BCUT2D eigenvalue weighted by Crippen LogP contribution is -2.02. The number of rotatable bonds is 6. The van der Waals surface area contributed by atoms with Gasteiger partial charge in [-0.15, -0.1) is 11.3 Å². The molecule has 0 aliphatic carbocycles. The first kappa shape index (κ1) is 19.1. The van der Waals surface area contributed by atoms with Gasteiger partial charge in [-0.3, -0.25) is 0 Å². The Labute approximate surface area is 182 Å². The number of benzene rings is 1. The predicted octanol–water partition coefficient (Wildman–Crippen LogP) is 4.41. The first-order valence-corrected chi connectivity index (χ1v) is 10.4. The molecule has 1 aromatic carbocycles. The van der Waals surface area contributed by atoms with Crippen LogP contribution < -0.4 is 15.4 Å². The first-order valence-electron chi connectivity index (χ1n) is 9.55. The molecule has 0 saturated heterocycles. The fraction of sp³-hybridized carbons (Fsp3) is 0.143. The maximum atomic E-state index is 5.60. The van der Waals surface area contributed by atoms with Crippen molar-refractivity contribution in [3.05, 3.63) is 60.4 Å². The monoisotopic (exact) mass is 432 g/mol. The van der Waals surface area contributed by atoms with Crippen molar-refractivity contribution < 1.29 is 4.74 Å². The van der Waals surface area contributed by atoms with Gasteiger partial charge in [0.15, 0.2) is 11.5 Å². The molecule has 0 bridgehead atoms. The van der Waals surface area contributed by atoms with E-state index >= 15 is 0 Å². The lowest BCUT2D eigenvalue weighted by atomic mass is 10.2. The highest BCUT2D eigenvalue weighted by Gasteiger charge is 2.13. The summed E-state index contributed by atoms with van der Waals surface area (Å²) in [6.45, 7) is 1.95. The van der Waals surface area contributed by atoms with Crippen LogP contribution in [0.3, 0.4) is 0 Å². The van der Waals surface area contributed by atoms with Gasteiger partial charge in [-0.25, -0.2) is 9.97 Å². The molecule has 5 aromatic rings. The third-order valence-electron chi connectivity index (χ3n) is 4.71. The summed E-state index contributed by atoms with van der Waals surface area (Å²) in [5.41, 5.74) is 5.99. The van der Waals surface area contributed by atoms with E-state index in [-0.39, 0.29) is 0 Å². The van der Waals surface area contributed by atoms with Crippen molar-refractivity contribution in [1.29, 1.82) is 0 Å². The van der Waals surface area contributed by atoms with E-state index in [1.165, 1.54) is 11.3 Å². The highest BCUT2D eigenvalue weighted by Crippen LogP contribution is 2.31. The van der Waals surface area contributed by atoms with Crippen LogP contribution in [0, 0.1) is 6.92 Å². The van der Waals surface area contributed by atoms with E-state index in [9.17, 15) is 0 Å². The van der Waals surface area contributed by atoms with Gasteiger partial charge < -0.3 is 24.5 Å². The van der Waals surface area contributed by atoms with Gasteiger partial charge in [0.1, 0.15) is 10.4 Å². The zero-order valence-corrected chi connectivity index (χ0v) is 18.0. The van der Waals surface area contributed by atoms with E-state index in [0.29, 0.717) is 23.2 Å². The van der Waals surface area contributed by atoms with Crippen molar-refractivity contribution in [2.24, 2.45) is 7.05 Å².